The highest BCUT2D eigenvalue weighted by molar-refractivity contribution is 7.92. The van der Waals surface area contributed by atoms with Gasteiger partial charge in [-0.1, -0.05) is 24.3 Å². The molecule has 0 heterocycles. The number of rotatable bonds is 12. The number of anilines is 1. The SMILES string of the molecule is COc1ccc(S(=O)(=O)N(CC(=O)N(Cc2ccccc2F)[C@@H](C)C(=O)NC(C)C)c2cc(C)cc(C)c2)cc1OC. The average Bonchev–Trinajstić information content (AvgIpc) is 2.93. The van der Waals surface area contributed by atoms with Crippen molar-refractivity contribution in [3.05, 3.63) is 83.2 Å². The minimum Gasteiger partial charge on any atom is -0.493 e. The summed E-state index contributed by atoms with van der Waals surface area (Å²) in [5.74, 6) is -1.14. The Labute approximate surface area is 247 Å². The molecule has 3 rings (SSSR count). The van der Waals surface area contributed by atoms with Crippen LogP contribution in [0.1, 0.15) is 37.5 Å². The summed E-state index contributed by atoms with van der Waals surface area (Å²) < 4.78 is 54.6. The molecule has 1 N–H and O–H groups in total. The van der Waals surface area contributed by atoms with Crippen LogP contribution >= 0.6 is 0 Å². The first kappa shape index (κ1) is 32.4. The monoisotopic (exact) mass is 599 g/mol. The van der Waals surface area contributed by atoms with Gasteiger partial charge in [0, 0.05) is 24.2 Å². The molecule has 1 atom stereocenters. The predicted octanol–water partition coefficient (Wildman–Crippen LogP) is 4.60. The maximum Gasteiger partial charge on any atom is 0.264 e. The van der Waals surface area contributed by atoms with Crippen molar-refractivity contribution in [1.29, 1.82) is 0 Å². The molecule has 0 unspecified atom stereocenters. The number of nitrogens with zero attached hydrogens (tertiary/aromatic N) is 2. The lowest BCUT2D eigenvalue weighted by molar-refractivity contribution is -0.139. The molecule has 3 aromatic carbocycles. The largest absolute Gasteiger partial charge is 0.493 e. The van der Waals surface area contributed by atoms with Gasteiger partial charge in [-0.3, -0.25) is 13.9 Å². The van der Waals surface area contributed by atoms with Gasteiger partial charge < -0.3 is 19.7 Å². The third kappa shape index (κ3) is 7.58. The van der Waals surface area contributed by atoms with Gasteiger partial charge in [-0.15, -0.1) is 0 Å². The summed E-state index contributed by atoms with van der Waals surface area (Å²) in [6.07, 6.45) is 0. The van der Waals surface area contributed by atoms with Crippen molar-refractivity contribution >= 4 is 27.5 Å². The van der Waals surface area contributed by atoms with Gasteiger partial charge in [0.25, 0.3) is 10.0 Å². The summed E-state index contributed by atoms with van der Waals surface area (Å²) >= 11 is 0. The molecule has 0 aliphatic rings. The number of sulfonamides is 1. The second-order valence-corrected chi connectivity index (χ2v) is 12.2. The van der Waals surface area contributed by atoms with Gasteiger partial charge in [0.2, 0.25) is 11.8 Å². The van der Waals surface area contributed by atoms with Crippen molar-refractivity contribution in [2.45, 2.75) is 58.1 Å². The van der Waals surface area contributed by atoms with E-state index in [2.05, 4.69) is 5.32 Å². The highest BCUT2D eigenvalue weighted by atomic mass is 32.2. The van der Waals surface area contributed by atoms with Crippen molar-refractivity contribution in [2.24, 2.45) is 0 Å². The van der Waals surface area contributed by atoms with Crippen LogP contribution < -0.4 is 19.1 Å². The van der Waals surface area contributed by atoms with Crippen LogP contribution in [0.15, 0.2) is 65.6 Å². The summed E-state index contributed by atoms with van der Waals surface area (Å²) in [4.78, 5) is 28.1. The Hall–Kier alpha value is -4.12. The Bertz CT molecular complexity index is 1520. The van der Waals surface area contributed by atoms with Crippen LogP contribution in [0.4, 0.5) is 10.1 Å². The normalized spacial score (nSPS) is 12.0. The molecule has 0 radical (unpaired) electrons. The molecule has 0 aliphatic carbocycles. The third-order valence-electron chi connectivity index (χ3n) is 6.61. The van der Waals surface area contributed by atoms with Gasteiger partial charge >= 0.3 is 0 Å². The molecule has 226 valence electrons. The van der Waals surface area contributed by atoms with E-state index in [9.17, 15) is 22.4 Å². The number of aryl methyl sites for hydroxylation is 2. The number of halogens is 1. The molecular weight excluding hydrogens is 561 g/mol. The molecule has 3 aromatic rings. The van der Waals surface area contributed by atoms with E-state index in [1.807, 2.05) is 19.9 Å². The molecule has 42 heavy (non-hydrogen) atoms. The molecule has 0 saturated carbocycles. The zero-order valence-corrected chi connectivity index (χ0v) is 25.8. The first-order valence-corrected chi connectivity index (χ1v) is 14.9. The Morgan fingerprint density at radius 2 is 1.52 bits per heavy atom. The smallest absolute Gasteiger partial charge is 0.264 e. The molecule has 2 amide bonds. The van der Waals surface area contributed by atoms with Gasteiger partial charge in [-0.2, -0.15) is 0 Å². The first-order chi connectivity index (χ1) is 19.8. The first-order valence-electron chi connectivity index (χ1n) is 13.4. The average molecular weight is 600 g/mol. The second-order valence-electron chi connectivity index (χ2n) is 10.3. The molecule has 0 bridgehead atoms. The maximum atomic E-state index is 14.7. The number of hydrogen-bond donors (Lipinski definition) is 1. The van der Waals surface area contributed by atoms with Gasteiger partial charge in [-0.05, 0) is 76.1 Å². The van der Waals surface area contributed by atoms with Crippen molar-refractivity contribution in [2.75, 3.05) is 25.1 Å². The molecular formula is C31H38FN3O6S. The third-order valence-corrected chi connectivity index (χ3v) is 8.38. The van der Waals surface area contributed by atoms with Gasteiger partial charge in [0.15, 0.2) is 11.5 Å². The summed E-state index contributed by atoms with van der Waals surface area (Å²) in [5.41, 5.74) is 2.03. The van der Waals surface area contributed by atoms with Gasteiger partial charge in [0.05, 0.1) is 24.8 Å². The van der Waals surface area contributed by atoms with E-state index in [0.29, 0.717) is 5.75 Å². The number of carbonyl (C=O) groups excluding carboxylic acids is 2. The Balaban J connectivity index is 2.12. The zero-order valence-electron chi connectivity index (χ0n) is 25.0. The van der Waals surface area contributed by atoms with Crippen molar-refractivity contribution < 1.29 is 31.9 Å². The zero-order chi connectivity index (χ0) is 31.2. The van der Waals surface area contributed by atoms with Crippen LogP contribution in [0.25, 0.3) is 0 Å². The summed E-state index contributed by atoms with van der Waals surface area (Å²) in [6.45, 7) is 7.85. The molecule has 0 spiro atoms. The predicted molar refractivity (Wildman–Crippen MR) is 160 cm³/mol. The minimum absolute atomic E-state index is 0.127. The van der Waals surface area contributed by atoms with Crippen molar-refractivity contribution in [1.82, 2.24) is 10.2 Å². The number of nitrogens with one attached hydrogen (secondary N) is 1. The number of carbonyl (C=O) groups is 2. The minimum atomic E-state index is -4.34. The lowest BCUT2D eigenvalue weighted by Crippen LogP contribution is -2.52. The summed E-state index contributed by atoms with van der Waals surface area (Å²) in [7, 11) is -1.51. The molecule has 11 heteroatoms. The molecule has 0 fully saturated rings. The van der Waals surface area contributed by atoms with E-state index in [-0.39, 0.29) is 34.5 Å². The Morgan fingerprint density at radius 1 is 0.905 bits per heavy atom. The van der Waals surface area contributed by atoms with E-state index < -0.39 is 40.2 Å². The second kappa shape index (κ2) is 13.7. The van der Waals surface area contributed by atoms with Crippen LogP contribution in [-0.2, 0) is 26.2 Å². The van der Waals surface area contributed by atoms with Crippen LogP contribution in [-0.4, -0.2) is 58.0 Å². The maximum absolute atomic E-state index is 14.7. The lowest BCUT2D eigenvalue weighted by atomic mass is 10.1. The number of amides is 2. The summed E-state index contributed by atoms with van der Waals surface area (Å²) in [5, 5.41) is 2.77. The van der Waals surface area contributed by atoms with E-state index in [1.54, 1.807) is 32.0 Å². The molecule has 0 aromatic heterocycles. The van der Waals surface area contributed by atoms with Crippen LogP contribution in [0.3, 0.4) is 0 Å². The highest BCUT2D eigenvalue weighted by Gasteiger charge is 2.33. The van der Waals surface area contributed by atoms with Gasteiger partial charge in [0.1, 0.15) is 18.4 Å². The lowest BCUT2D eigenvalue weighted by Gasteiger charge is -2.32. The molecule has 9 nitrogen and oxygen atoms in total. The van der Waals surface area contributed by atoms with Crippen LogP contribution in [0, 0.1) is 19.7 Å². The number of hydrogen-bond acceptors (Lipinski definition) is 6. The fourth-order valence-electron chi connectivity index (χ4n) is 4.53. The fourth-order valence-corrected chi connectivity index (χ4v) is 5.94. The van der Waals surface area contributed by atoms with Crippen molar-refractivity contribution in [3.8, 4) is 11.5 Å². The van der Waals surface area contributed by atoms with E-state index >= 15 is 0 Å². The number of methoxy groups -OCH3 is 2. The number of ether oxygens (including phenoxy) is 2. The standard InChI is InChI=1S/C31H38FN3O6S/c1-20(2)33-31(37)23(5)34(18-24-10-8-9-11-27(24)32)30(36)19-35(25-15-21(3)14-22(4)16-25)42(38,39)26-12-13-28(40-6)29(17-26)41-7/h8-17,20,23H,18-19H2,1-7H3,(H,33,37)/t23-/m0/s1. The number of benzene rings is 3. The van der Waals surface area contributed by atoms with E-state index in [0.717, 1.165) is 15.4 Å². The Morgan fingerprint density at radius 3 is 2.10 bits per heavy atom. The van der Waals surface area contributed by atoms with E-state index in [4.69, 9.17) is 9.47 Å². The van der Waals surface area contributed by atoms with Crippen LogP contribution in [0.5, 0.6) is 11.5 Å². The molecule has 0 saturated heterocycles. The quantitative estimate of drug-likeness (QED) is 0.326. The van der Waals surface area contributed by atoms with E-state index in [1.165, 1.54) is 62.4 Å². The topological polar surface area (TPSA) is 105 Å². The van der Waals surface area contributed by atoms with Gasteiger partial charge in [-0.25, -0.2) is 12.8 Å². The molecule has 0 aliphatic heterocycles. The summed E-state index contributed by atoms with van der Waals surface area (Å²) in [6, 6.07) is 14.1. The Kier molecular flexibility index (Phi) is 10.6. The fraction of sp³-hybridized carbons (Fsp3) is 0.355. The van der Waals surface area contributed by atoms with Crippen LogP contribution in [0.2, 0.25) is 0 Å². The van der Waals surface area contributed by atoms with Crippen molar-refractivity contribution in [3.63, 3.8) is 0 Å². The highest BCUT2D eigenvalue weighted by Crippen LogP contribution is 2.33.